The van der Waals surface area contributed by atoms with E-state index in [0.717, 1.165) is 42.8 Å². The van der Waals surface area contributed by atoms with Crippen LogP contribution in [0.5, 0.6) is 0 Å². The SMILES string of the molecule is Cc1nc2ccccc2n1CC(=O)NC1CCCNC1.Cl.Cl. The van der Waals surface area contributed by atoms with Crippen molar-refractivity contribution in [2.24, 2.45) is 0 Å². The van der Waals surface area contributed by atoms with Gasteiger partial charge in [0.15, 0.2) is 0 Å². The number of nitrogens with one attached hydrogen (secondary N) is 2. The second kappa shape index (κ2) is 8.36. The fourth-order valence-corrected chi connectivity index (χ4v) is 2.79. The Hall–Kier alpha value is -1.30. The predicted molar refractivity (Wildman–Crippen MR) is 93.0 cm³/mol. The molecule has 1 aromatic carbocycles. The molecular weight excluding hydrogens is 323 g/mol. The van der Waals surface area contributed by atoms with Crippen LogP contribution in [0, 0.1) is 6.92 Å². The van der Waals surface area contributed by atoms with Crippen LogP contribution >= 0.6 is 24.8 Å². The van der Waals surface area contributed by atoms with Gasteiger partial charge in [-0.1, -0.05) is 12.1 Å². The highest BCUT2D eigenvalue weighted by Gasteiger charge is 2.16. The monoisotopic (exact) mass is 344 g/mol. The van der Waals surface area contributed by atoms with Crippen LogP contribution < -0.4 is 10.6 Å². The molecule has 0 bridgehead atoms. The number of imidazole rings is 1. The topological polar surface area (TPSA) is 59.0 Å². The molecule has 1 aliphatic heterocycles. The van der Waals surface area contributed by atoms with E-state index in [0.29, 0.717) is 6.54 Å². The van der Waals surface area contributed by atoms with E-state index in [9.17, 15) is 4.79 Å². The van der Waals surface area contributed by atoms with Crippen molar-refractivity contribution in [2.45, 2.75) is 32.4 Å². The molecule has 122 valence electrons. The highest BCUT2D eigenvalue weighted by molar-refractivity contribution is 5.85. The summed E-state index contributed by atoms with van der Waals surface area (Å²) in [5.74, 6) is 0.938. The van der Waals surface area contributed by atoms with Crippen LogP contribution in [0.2, 0.25) is 0 Å². The maximum absolute atomic E-state index is 12.2. The van der Waals surface area contributed by atoms with Gasteiger partial charge in [0.1, 0.15) is 12.4 Å². The van der Waals surface area contributed by atoms with Crippen molar-refractivity contribution < 1.29 is 4.79 Å². The maximum atomic E-state index is 12.2. The second-order valence-corrected chi connectivity index (χ2v) is 5.34. The molecule has 0 saturated carbocycles. The number of amides is 1. The normalized spacial score (nSPS) is 17.4. The molecule has 5 nitrogen and oxygen atoms in total. The van der Waals surface area contributed by atoms with Gasteiger partial charge in [0.25, 0.3) is 0 Å². The summed E-state index contributed by atoms with van der Waals surface area (Å²) in [5.41, 5.74) is 1.96. The molecule has 1 fully saturated rings. The highest BCUT2D eigenvalue weighted by atomic mass is 35.5. The van der Waals surface area contributed by atoms with Crippen molar-refractivity contribution in [1.29, 1.82) is 0 Å². The molecule has 22 heavy (non-hydrogen) atoms. The highest BCUT2D eigenvalue weighted by Crippen LogP contribution is 2.15. The number of rotatable bonds is 3. The van der Waals surface area contributed by atoms with E-state index in [2.05, 4.69) is 15.6 Å². The molecule has 2 N–H and O–H groups in total. The van der Waals surface area contributed by atoms with Crippen LogP contribution in [0.4, 0.5) is 0 Å². The number of halogens is 2. The molecule has 0 aliphatic carbocycles. The molecule has 1 aliphatic rings. The van der Waals surface area contributed by atoms with Crippen LogP contribution in [0.3, 0.4) is 0 Å². The van der Waals surface area contributed by atoms with E-state index in [1.165, 1.54) is 0 Å². The van der Waals surface area contributed by atoms with Gasteiger partial charge >= 0.3 is 0 Å². The van der Waals surface area contributed by atoms with E-state index in [4.69, 9.17) is 0 Å². The third-order valence-corrected chi connectivity index (χ3v) is 3.81. The lowest BCUT2D eigenvalue weighted by molar-refractivity contribution is -0.122. The Balaban J connectivity index is 0.00000121. The fraction of sp³-hybridized carbons (Fsp3) is 0.467. The average Bonchev–Trinajstić information content (AvgIpc) is 2.76. The largest absolute Gasteiger partial charge is 0.351 e. The Bertz CT molecular complexity index is 623. The predicted octanol–water partition coefficient (Wildman–Crippen LogP) is 2.06. The smallest absolute Gasteiger partial charge is 0.240 e. The Kier molecular flexibility index (Phi) is 7.13. The molecule has 0 spiro atoms. The molecule has 0 radical (unpaired) electrons. The molecule has 1 unspecified atom stereocenters. The van der Waals surface area contributed by atoms with Crippen LogP contribution in [-0.4, -0.2) is 34.6 Å². The molecule has 1 saturated heterocycles. The molecule has 1 aromatic heterocycles. The summed E-state index contributed by atoms with van der Waals surface area (Å²) in [4.78, 5) is 16.7. The number of hydrogen-bond acceptors (Lipinski definition) is 3. The van der Waals surface area contributed by atoms with E-state index in [-0.39, 0.29) is 36.8 Å². The van der Waals surface area contributed by atoms with Gasteiger partial charge in [-0.3, -0.25) is 4.79 Å². The number of hydrogen-bond donors (Lipinski definition) is 2. The van der Waals surface area contributed by atoms with Gasteiger partial charge in [-0.05, 0) is 38.4 Å². The van der Waals surface area contributed by atoms with Crippen molar-refractivity contribution in [1.82, 2.24) is 20.2 Å². The number of carbonyl (C=O) groups excluding carboxylic acids is 1. The van der Waals surface area contributed by atoms with Crippen LogP contribution in [0.25, 0.3) is 11.0 Å². The number of fused-ring (bicyclic) bond motifs is 1. The number of carbonyl (C=O) groups is 1. The molecule has 1 atom stereocenters. The van der Waals surface area contributed by atoms with Gasteiger partial charge in [0.05, 0.1) is 11.0 Å². The number of aryl methyl sites for hydroxylation is 1. The minimum atomic E-state index is 0. The van der Waals surface area contributed by atoms with E-state index < -0.39 is 0 Å². The Labute approximate surface area is 142 Å². The first-order valence-corrected chi connectivity index (χ1v) is 7.16. The number of para-hydroxylation sites is 2. The Morgan fingerprint density at radius 1 is 1.41 bits per heavy atom. The number of benzene rings is 1. The third-order valence-electron chi connectivity index (χ3n) is 3.81. The van der Waals surface area contributed by atoms with Gasteiger partial charge in [-0.25, -0.2) is 4.98 Å². The fourth-order valence-electron chi connectivity index (χ4n) is 2.79. The number of aromatic nitrogens is 2. The van der Waals surface area contributed by atoms with Crippen molar-refractivity contribution in [3.63, 3.8) is 0 Å². The summed E-state index contributed by atoms with van der Waals surface area (Å²) in [7, 11) is 0. The molecule has 1 amide bonds. The first kappa shape index (κ1) is 18.7. The zero-order chi connectivity index (χ0) is 13.9. The van der Waals surface area contributed by atoms with Crippen LogP contribution in [0.15, 0.2) is 24.3 Å². The van der Waals surface area contributed by atoms with Crippen molar-refractivity contribution >= 4 is 41.8 Å². The molecule has 2 aromatic rings. The van der Waals surface area contributed by atoms with E-state index in [1.54, 1.807) is 0 Å². The Morgan fingerprint density at radius 2 is 2.18 bits per heavy atom. The summed E-state index contributed by atoms with van der Waals surface area (Å²) < 4.78 is 1.97. The summed E-state index contributed by atoms with van der Waals surface area (Å²) >= 11 is 0. The van der Waals surface area contributed by atoms with Gasteiger partial charge in [0, 0.05) is 12.6 Å². The average molecular weight is 345 g/mol. The molecule has 2 heterocycles. The summed E-state index contributed by atoms with van der Waals surface area (Å²) in [6.45, 7) is 4.20. The van der Waals surface area contributed by atoms with E-state index in [1.807, 2.05) is 35.8 Å². The second-order valence-electron chi connectivity index (χ2n) is 5.34. The lowest BCUT2D eigenvalue weighted by atomic mass is 10.1. The molecule has 7 heteroatoms. The number of piperidine rings is 1. The summed E-state index contributed by atoms with van der Waals surface area (Å²) in [6.07, 6.45) is 2.18. The zero-order valence-corrected chi connectivity index (χ0v) is 14.2. The number of nitrogens with zero attached hydrogens (tertiary/aromatic N) is 2. The minimum absolute atomic E-state index is 0. The van der Waals surface area contributed by atoms with Gasteiger partial charge in [0.2, 0.25) is 5.91 Å². The van der Waals surface area contributed by atoms with Crippen molar-refractivity contribution in [3.8, 4) is 0 Å². The van der Waals surface area contributed by atoms with Crippen LogP contribution in [-0.2, 0) is 11.3 Å². The summed E-state index contributed by atoms with van der Waals surface area (Å²) in [5, 5.41) is 6.41. The third kappa shape index (κ3) is 4.12. The van der Waals surface area contributed by atoms with Crippen LogP contribution in [0.1, 0.15) is 18.7 Å². The maximum Gasteiger partial charge on any atom is 0.240 e. The minimum Gasteiger partial charge on any atom is -0.351 e. The van der Waals surface area contributed by atoms with E-state index >= 15 is 0 Å². The first-order chi connectivity index (χ1) is 9.74. The first-order valence-electron chi connectivity index (χ1n) is 7.16. The van der Waals surface area contributed by atoms with Crippen molar-refractivity contribution in [3.05, 3.63) is 30.1 Å². The standard InChI is InChI=1S/C15H20N4O.2ClH/c1-11-17-13-6-2-3-7-14(13)19(11)10-15(20)18-12-5-4-8-16-9-12;;/h2-3,6-7,12,16H,4-5,8-10H2,1H3,(H,18,20);2*1H. The van der Waals surface area contributed by atoms with Gasteiger partial charge in [-0.2, -0.15) is 0 Å². The zero-order valence-electron chi connectivity index (χ0n) is 12.5. The quantitative estimate of drug-likeness (QED) is 0.895. The lowest BCUT2D eigenvalue weighted by Crippen LogP contribution is -2.46. The summed E-state index contributed by atoms with van der Waals surface area (Å²) in [6, 6.07) is 8.17. The molecule has 3 rings (SSSR count). The molecular formula is C15H22Cl2N4O. The van der Waals surface area contributed by atoms with Crippen molar-refractivity contribution in [2.75, 3.05) is 13.1 Å². The lowest BCUT2D eigenvalue weighted by Gasteiger charge is -2.24. The Morgan fingerprint density at radius 3 is 2.91 bits per heavy atom. The van der Waals surface area contributed by atoms with Gasteiger partial charge < -0.3 is 15.2 Å². The van der Waals surface area contributed by atoms with Gasteiger partial charge in [-0.15, -0.1) is 24.8 Å².